The minimum absolute atomic E-state index is 0.0986. The predicted molar refractivity (Wildman–Crippen MR) is 48.8 cm³/mol. The Morgan fingerprint density at radius 3 is 2.79 bits per heavy atom. The lowest BCUT2D eigenvalue weighted by atomic mass is 10.2. The molecule has 0 saturated carbocycles. The Balaban J connectivity index is 3.17. The minimum Gasteiger partial charge on any atom is -0.480 e. The lowest BCUT2D eigenvalue weighted by molar-refractivity contribution is 0.0674. The quantitative estimate of drug-likeness (QED) is 0.788. The normalized spacial score (nSPS) is 10.4. The minimum atomic E-state index is -3.06. The highest BCUT2D eigenvalue weighted by Crippen LogP contribution is 2.22. The maximum Gasteiger partial charge on any atom is 0.300 e. The van der Waals surface area contributed by atoms with Gasteiger partial charge in [-0.25, -0.2) is 13.8 Å². The van der Waals surface area contributed by atoms with Crippen molar-refractivity contribution < 1.29 is 18.3 Å². The summed E-state index contributed by atoms with van der Waals surface area (Å²) in [6, 6.07) is 1.25. The highest BCUT2D eigenvalue weighted by molar-refractivity contribution is 9.10. The molecule has 0 aliphatic rings. The van der Waals surface area contributed by atoms with Crippen molar-refractivity contribution in [2.45, 2.75) is 6.43 Å². The molecule has 1 aromatic heterocycles. The zero-order valence-electron chi connectivity index (χ0n) is 7.13. The van der Waals surface area contributed by atoms with Gasteiger partial charge in [0.1, 0.15) is 0 Å². The number of methoxy groups -OCH3 is 1. The summed E-state index contributed by atoms with van der Waals surface area (Å²) >= 11 is 3.03. The summed E-state index contributed by atoms with van der Waals surface area (Å²) in [7, 11) is 1.26. The van der Waals surface area contributed by atoms with Crippen molar-refractivity contribution in [3.8, 4) is 5.88 Å². The number of carbonyl (C=O) groups is 1. The number of nitrogens with zero attached hydrogens (tertiary/aromatic N) is 1. The van der Waals surface area contributed by atoms with Gasteiger partial charge in [0.2, 0.25) is 11.7 Å². The Labute approximate surface area is 87.2 Å². The second kappa shape index (κ2) is 4.45. The number of pyridine rings is 1. The van der Waals surface area contributed by atoms with Crippen molar-refractivity contribution in [2.75, 3.05) is 7.11 Å². The third-order valence-electron chi connectivity index (χ3n) is 1.47. The average Bonchev–Trinajstić information content (AvgIpc) is 2.16. The summed E-state index contributed by atoms with van der Waals surface area (Å²) in [5.74, 6) is -1.39. The zero-order valence-corrected chi connectivity index (χ0v) is 8.72. The van der Waals surface area contributed by atoms with Gasteiger partial charge < -0.3 is 4.74 Å². The molecule has 0 aliphatic carbocycles. The van der Waals surface area contributed by atoms with Crippen molar-refractivity contribution in [1.82, 2.24) is 4.98 Å². The number of ketones is 1. The standard InChI is InChI=1S/C8H6BrF2NO2/c1-14-8-5(6(13)7(10)11)2-4(9)3-12-8/h2-3,7H,1H3. The fourth-order valence-electron chi connectivity index (χ4n) is 0.883. The van der Waals surface area contributed by atoms with E-state index in [1.807, 2.05) is 0 Å². The Kier molecular flexibility index (Phi) is 3.51. The molecule has 76 valence electrons. The van der Waals surface area contributed by atoms with Gasteiger partial charge in [0.05, 0.1) is 12.7 Å². The maximum atomic E-state index is 12.1. The smallest absolute Gasteiger partial charge is 0.300 e. The summed E-state index contributed by atoms with van der Waals surface area (Å²) in [5, 5.41) is 0. The third kappa shape index (κ3) is 2.25. The molecule has 1 aromatic rings. The Bertz CT molecular complexity index is 357. The topological polar surface area (TPSA) is 39.2 Å². The van der Waals surface area contributed by atoms with Gasteiger partial charge in [-0.1, -0.05) is 0 Å². The number of hydrogen-bond acceptors (Lipinski definition) is 3. The van der Waals surface area contributed by atoms with Crippen molar-refractivity contribution in [1.29, 1.82) is 0 Å². The van der Waals surface area contributed by atoms with Gasteiger partial charge in [0, 0.05) is 10.7 Å². The van der Waals surface area contributed by atoms with E-state index >= 15 is 0 Å². The number of rotatable bonds is 3. The number of halogens is 3. The van der Waals surface area contributed by atoms with Crippen LogP contribution in [0, 0.1) is 0 Å². The fraction of sp³-hybridized carbons (Fsp3) is 0.250. The molecule has 14 heavy (non-hydrogen) atoms. The van der Waals surface area contributed by atoms with E-state index in [4.69, 9.17) is 0 Å². The molecule has 0 radical (unpaired) electrons. The van der Waals surface area contributed by atoms with E-state index in [1.165, 1.54) is 19.4 Å². The van der Waals surface area contributed by atoms with Crippen LogP contribution in [0.4, 0.5) is 8.78 Å². The lowest BCUT2D eigenvalue weighted by Gasteiger charge is -2.05. The molecular weight excluding hydrogens is 260 g/mol. The molecule has 0 saturated heterocycles. The summed E-state index contributed by atoms with van der Waals surface area (Å²) in [6.45, 7) is 0. The molecule has 1 rings (SSSR count). The van der Waals surface area contributed by atoms with Gasteiger partial charge in [-0.2, -0.15) is 0 Å². The summed E-state index contributed by atoms with van der Waals surface area (Å²) in [5.41, 5.74) is -0.225. The average molecular weight is 266 g/mol. The molecule has 6 heteroatoms. The molecule has 0 aromatic carbocycles. The van der Waals surface area contributed by atoms with Gasteiger partial charge in [0.25, 0.3) is 0 Å². The Morgan fingerprint density at radius 2 is 2.29 bits per heavy atom. The van der Waals surface area contributed by atoms with Crippen LogP contribution in [0.2, 0.25) is 0 Å². The van der Waals surface area contributed by atoms with E-state index in [2.05, 4.69) is 25.7 Å². The monoisotopic (exact) mass is 265 g/mol. The molecule has 0 N–H and O–H groups in total. The predicted octanol–water partition coefficient (Wildman–Crippen LogP) is 2.30. The number of alkyl halides is 2. The van der Waals surface area contributed by atoms with Crippen LogP contribution in [0.3, 0.4) is 0 Å². The van der Waals surface area contributed by atoms with Crippen LogP contribution < -0.4 is 4.74 Å². The number of aromatic nitrogens is 1. The second-order valence-electron chi connectivity index (χ2n) is 2.38. The molecule has 0 aliphatic heterocycles. The van der Waals surface area contributed by atoms with E-state index in [1.54, 1.807) is 0 Å². The van der Waals surface area contributed by atoms with Crippen LogP contribution in [-0.4, -0.2) is 24.3 Å². The highest BCUT2D eigenvalue weighted by Gasteiger charge is 2.22. The van der Waals surface area contributed by atoms with Crippen molar-refractivity contribution in [2.24, 2.45) is 0 Å². The largest absolute Gasteiger partial charge is 0.480 e. The van der Waals surface area contributed by atoms with E-state index in [9.17, 15) is 13.6 Å². The first-order valence-electron chi connectivity index (χ1n) is 3.58. The van der Waals surface area contributed by atoms with Crippen LogP contribution in [0.25, 0.3) is 0 Å². The van der Waals surface area contributed by atoms with Gasteiger partial charge in [-0.3, -0.25) is 4.79 Å². The molecular formula is C8H6BrF2NO2. The van der Waals surface area contributed by atoms with Crippen molar-refractivity contribution in [3.63, 3.8) is 0 Å². The molecule has 0 atom stereocenters. The van der Waals surface area contributed by atoms with Crippen LogP contribution >= 0.6 is 15.9 Å². The van der Waals surface area contributed by atoms with E-state index in [-0.39, 0.29) is 11.4 Å². The zero-order chi connectivity index (χ0) is 10.7. The molecule has 0 fully saturated rings. The van der Waals surface area contributed by atoms with Crippen molar-refractivity contribution >= 4 is 21.7 Å². The van der Waals surface area contributed by atoms with Gasteiger partial charge >= 0.3 is 6.43 Å². The SMILES string of the molecule is COc1ncc(Br)cc1C(=O)C(F)F. The number of carbonyl (C=O) groups excluding carboxylic acids is 1. The first-order chi connectivity index (χ1) is 6.56. The first kappa shape index (κ1) is 11.0. The van der Waals surface area contributed by atoms with Crippen LogP contribution in [0.5, 0.6) is 5.88 Å². The van der Waals surface area contributed by atoms with E-state index in [0.29, 0.717) is 4.47 Å². The third-order valence-corrected chi connectivity index (χ3v) is 1.91. The summed E-state index contributed by atoms with van der Waals surface area (Å²) in [4.78, 5) is 14.7. The van der Waals surface area contributed by atoms with E-state index in [0.717, 1.165) is 0 Å². The van der Waals surface area contributed by atoms with Gasteiger partial charge in [-0.05, 0) is 22.0 Å². The van der Waals surface area contributed by atoms with Gasteiger partial charge in [-0.15, -0.1) is 0 Å². The van der Waals surface area contributed by atoms with E-state index < -0.39 is 12.2 Å². The lowest BCUT2D eigenvalue weighted by Crippen LogP contribution is -2.12. The van der Waals surface area contributed by atoms with Gasteiger partial charge in [0.15, 0.2) is 0 Å². The Morgan fingerprint density at radius 1 is 1.64 bits per heavy atom. The molecule has 0 amide bonds. The fourth-order valence-corrected chi connectivity index (χ4v) is 1.21. The van der Waals surface area contributed by atoms with Crippen LogP contribution in [0.15, 0.2) is 16.7 Å². The number of ether oxygens (including phenoxy) is 1. The molecule has 0 unspecified atom stereocenters. The summed E-state index contributed by atoms with van der Waals surface area (Å²) < 4.78 is 29.4. The molecule has 3 nitrogen and oxygen atoms in total. The van der Waals surface area contributed by atoms with Crippen LogP contribution in [0.1, 0.15) is 10.4 Å². The summed E-state index contributed by atoms with van der Waals surface area (Å²) in [6.07, 6.45) is -1.69. The molecule has 0 spiro atoms. The number of hydrogen-bond donors (Lipinski definition) is 0. The second-order valence-corrected chi connectivity index (χ2v) is 3.29. The van der Waals surface area contributed by atoms with Crippen LogP contribution in [-0.2, 0) is 0 Å². The maximum absolute atomic E-state index is 12.1. The highest BCUT2D eigenvalue weighted by atomic mass is 79.9. The first-order valence-corrected chi connectivity index (χ1v) is 4.37. The molecule has 1 heterocycles. The molecule has 0 bridgehead atoms. The number of Topliss-reactive ketones (excluding diaryl/α,β-unsaturated/α-hetero) is 1. The Hall–Kier alpha value is -1.04. The van der Waals surface area contributed by atoms with Crippen molar-refractivity contribution in [3.05, 3.63) is 22.3 Å².